The molecule has 2 amide bonds. The zero-order valence-corrected chi connectivity index (χ0v) is 16.0. The molecule has 0 bridgehead atoms. The summed E-state index contributed by atoms with van der Waals surface area (Å²) < 4.78 is 5.25. The van der Waals surface area contributed by atoms with Crippen LogP contribution in [0.2, 0.25) is 0 Å². The Hall–Kier alpha value is -3.28. The molecule has 1 aliphatic heterocycles. The maximum Gasteiger partial charge on any atom is 0.249 e. The molecule has 1 heterocycles. The minimum atomic E-state index is -0.156. The lowest BCUT2D eigenvalue weighted by Gasteiger charge is -2.27. The molecule has 0 atom stereocenters. The number of nitrogens with two attached hydrogens (primary N) is 1. The number of carbonyl (C=O) groups excluding carboxylic acids is 2. The fourth-order valence-corrected chi connectivity index (χ4v) is 3.21. The monoisotopic (exact) mass is 379 g/mol. The average Bonchev–Trinajstić information content (AvgIpc) is 2.70. The molecule has 0 aromatic heterocycles. The van der Waals surface area contributed by atoms with Crippen molar-refractivity contribution in [3.8, 4) is 5.75 Å². The molecule has 146 valence electrons. The highest BCUT2D eigenvalue weighted by Crippen LogP contribution is 2.22. The fraction of sp³-hybridized carbons (Fsp3) is 0.273. The van der Waals surface area contributed by atoms with Gasteiger partial charge in [-0.3, -0.25) is 9.59 Å². The van der Waals surface area contributed by atoms with E-state index in [2.05, 4.69) is 5.32 Å². The van der Waals surface area contributed by atoms with Crippen LogP contribution in [-0.4, -0.2) is 30.4 Å². The number of nitrogens with zero attached hydrogens (tertiary/aromatic N) is 1. The van der Waals surface area contributed by atoms with Gasteiger partial charge in [-0.2, -0.15) is 0 Å². The molecule has 1 aliphatic rings. The summed E-state index contributed by atoms with van der Waals surface area (Å²) in [6, 6.07) is 14.8. The van der Waals surface area contributed by atoms with Crippen molar-refractivity contribution in [2.45, 2.75) is 25.8 Å². The van der Waals surface area contributed by atoms with Crippen molar-refractivity contribution in [1.82, 2.24) is 4.90 Å². The van der Waals surface area contributed by atoms with E-state index in [1.807, 2.05) is 47.4 Å². The molecule has 3 N–H and O–H groups in total. The van der Waals surface area contributed by atoms with E-state index in [-0.39, 0.29) is 18.2 Å². The minimum absolute atomic E-state index is 0.0129. The van der Waals surface area contributed by atoms with Crippen LogP contribution >= 0.6 is 0 Å². The number of hydrogen-bond donors (Lipinski definition) is 2. The van der Waals surface area contributed by atoms with E-state index in [4.69, 9.17) is 10.5 Å². The van der Waals surface area contributed by atoms with Gasteiger partial charge in [0.15, 0.2) is 0 Å². The zero-order chi connectivity index (χ0) is 19.9. The summed E-state index contributed by atoms with van der Waals surface area (Å²) in [4.78, 5) is 26.8. The van der Waals surface area contributed by atoms with E-state index >= 15 is 0 Å². The number of rotatable bonds is 7. The quantitative estimate of drug-likeness (QED) is 0.723. The van der Waals surface area contributed by atoms with Gasteiger partial charge in [0, 0.05) is 25.1 Å². The van der Waals surface area contributed by atoms with Crippen molar-refractivity contribution >= 4 is 23.2 Å². The molecule has 0 saturated heterocycles. The van der Waals surface area contributed by atoms with E-state index in [9.17, 15) is 9.59 Å². The Bertz CT molecular complexity index is 892. The van der Waals surface area contributed by atoms with Crippen LogP contribution in [0.25, 0.3) is 0 Å². The molecule has 0 radical (unpaired) electrons. The van der Waals surface area contributed by atoms with E-state index in [0.29, 0.717) is 36.5 Å². The predicted molar refractivity (Wildman–Crippen MR) is 110 cm³/mol. The van der Waals surface area contributed by atoms with Crippen molar-refractivity contribution in [1.29, 1.82) is 0 Å². The molecule has 6 heteroatoms. The van der Waals surface area contributed by atoms with Gasteiger partial charge in [-0.1, -0.05) is 30.3 Å². The normalized spacial score (nSPS) is 13.8. The number of anilines is 2. The van der Waals surface area contributed by atoms with Crippen LogP contribution in [0, 0.1) is 0 Å². The van der Waals surface area contributed by atoms with Crippen LogP contribution < -0.4 is 15.8 Å². The van der Waals surface area contributed by atoms with Gasteiger partial charge in [0.2, 0.25) is 11.8 Å². The van der Waals surface area contributed by atoms with E-state index in [1.54, 1.807) is 19.2 Å². The lowest BCUT2D eigenvalue weighted by molar-refractivity contribution is -0.128. The topological polar surface area (TPSA) is 84.7 Å². The number of amides is 2. The van der Waals surface area contributed by atoms with Crippen LogP contribution in [0.1, 0.15) is 24.8 Å². The smallest absolute Gasteiger partial charge is 0.249 e. The Morgan fingerprint density at radius 3 is 2.82 bits per heavy atom. The third kappa shape index (κ3) is 4.91. The standard InChI is InChI=1S/C22H25N3O3/c1-28-18-8-4-6-16(14-18)15-25-13-5-7-17(22(25)27)11-12-21(26)24-20-10-3-2-9-19(20)23/h2-4,6-10,14H,5,11-13,15,23H2,1H3,(H,24,26). The summed E-state index contributed by atoms with van der Waals surface area (Å²) in [5.74, 6) is 0.604. The Kier molecular flexibility index (Phi) is 6.32. The second-order valence-electron chi connectivity index (χ2n) is 6.73. The summed E-state index contributed by atoms with van der Waals surface area (Å²) in [5, 5.41) is 2.80. The second kappa shape index (κ2) is 9.08. The van der Waals surface area contributed by atoms with E-state index < -0.39 is 0 Å². The Morgan fingerprint density at radius 1 is 1.21 bits per heavy atom. The number of para-hydroxylation sites is 2. The number of hydrogen-bond acceptors (Lipinski definition) is 4. The number of benzene rings is 2. The van der Waals surface area contributed by atoms with Gasteiger partial charge in [-0.05, 0) is 42.7 Å². The highest BCUT2D eigenvalue weighted by atomic mass is 16.5. The van der Waals surface area contributed by atoms with Crippen molar-refractivity contribution in [3.05, 3.63) is 65.7 Å². The maximum absolute atomic E-state index is 12.8. The zero-order valence-electron chi connectivity index (χ0n) is 16.0. The molecule has 2 aromatic rings. The summed E-state index contributed by atoms with van der Waals surface area (Å²) in [6.45, 7) is 1.20. The molecule has 6 nitrogen and oxygen atoms in total. The van der Waals surface area contributed by atoms with E-state index in [1.165, 1.54) is 0 Å². The van der Waals surface area contributed by atoms with Crippen LogP contribution in [0.4, 0.5) is 11.4 Å². The number of ether oxygens (including phenoxy) is 1. The fourth-order valence-electron chi connectivity index (χ4n) is 3.21. The first-order valence-electron chi connectivity index (χ1n) is 9.32. The molecule has 0 saturated carbocycles. The summed E-state index contributed by atoms with van der Waals surface area (Å²) in [6.07, 6.45) is 3.37. The second-order valence-corrected chi connectivity index (χ2v) is 6.73. The third-order valence-corrected chi connectivity index (χ3v) is 4.72. The molecule has 0 spiro atoms. The van der Waals surface area contributed by atoms with Crippen LogP contribution in [0.3, 0.4) is 0 Å². The summed E-state index contributed by atoms with van der Waals surface area (Å²) in [7, 11) is 1.63. The lowest BCUT2D eigenvalue weighted by Crippen LogP contribution is -2.35. The Labute approximate surface area is 165 Å². The first-order valence-corrected chi connectivity index (χ1v) is 9.32. The number of nitrogens with one attached hydrogen (secondary N) is 1. The first kappa shape index (κ1) is 19.5. The molecular weight excluding hydrogens is 354 g/mol. The predicted octanol–water partition coefficient (Wildman–Crippen LogP) is 3.36. The van der Waals surface area contributed by atoms with Gasteiger partial charge >= 0.3 is 0 Å². The largest absolute Gasteiger partial charge is 0.497 e. The molecule has 3 rings (SSSR count). The van der Waals surface area contributed by atoms with Gasteiger partial charge in [0.1, 0.15) is 5.75 Å². The van der Waals surface area contributed by atoms with Gasteiger partial charge in [-0.15, -0.1) is 0 Å². The average molecular weight is 379 g/mol. The van der Waals surface area contributed by atoms with Crippen molar-refractivity contribution in [3.63, 3.8) is 0 Å². The molecule has 0 fully saturated rings. The van der Waals surface area contributed by atoms with Gasteiger partial charge in [0.05, 0.1) is 18.5 Å². The number of carbonyl (C=O) groups is 2. The third-order valence-electron chi connectivity index (χ3n) is 4.72. The van der Waals surface area contributed by atoms with Crippen molar-refractivity contribution in [2.75, 3.05) is 24.7 Å². The lowest BCUT2D eigenvalue weighted by atomic mass is 10.0. The Balaban J connectivity index is 1.56. The highest BCUT2D eigenvalue weighted by Gasteiger charge is 2.22. The van der Waals surface area contributed by atoms with Gasteiger partial charge in [0.25, 0.3) is 0 Å². The van der Waals surface area contributed by atoms with Crippen LogP contribution in [0.15, 0.2) is 60.2 Å². The van der Waals surface area contributed by atoms with E-state index in [0.717, 1.165) is 17.7 Å². The molecule has 2 aromatic carbocycles. The SMILES string of the molecule is COc1cccc(CN2CCC=C(CCC(=O)Nc3ccccc3N)C2=O)c1. The van der Waals surface area contributed by atoms with Gasteiger partial charge in [-0.25, -0.2) is 0 Å². The summed E-state index contributed by atoms with van der Waals surface area (Å²) >= 11 is 0. The Morgan fingerprint density at radius 2 is 2.04 bits per heavy atom. The van der Waals surface area contributed by atoms with Crippen molar-refractivity contribution in [2.24, 2.45) is 0 Å². The molecule has 0 unspecified atom stereocenters. The van der Waals surface area contributed by atoms with Crippen LogP contribution in [-0.2, 0) is 16.1 Å². The molecule has 0 aliphatic carbocycles. The molecular formula is C22H25N3O3. The van der Waals surface area contributed by atoms with Crippen molar-refractivity contribution < 1.29 is 14.3 Å². The summed E-state index contributed by atoms with van der Waals surface area (Å²) in [5.41, 5.74) is 8.67. The number of methoxy groups -OCH3 is 1. The van der Waals surface area contributed by atoms with Gasteiger partial charge < -0.3 is 20.7 Å². The first-order chi connectivity index (χ1) is 13.6. The molecule has 28 heavy (non-hydrogen) atoms. The maximum atomic E-state index is 12.8. The minimum Gasteiger partial charge on any atom is -0.497 e. The highest BCUT2D eigenvalue weighted by molar-refractivity contribution is 5.97. The van der Waals surface area contributed by atoms with Crippen LogP contribution in [0.5, 0.6) is 5.75 Å². The number of nitrogen functional groups attached to an aromatic ring is 1.